The molecule has 2 aliphatic carbocycles. The molecule has 0 atom stereocenters. The van der Waals surface area contributed by atoms with Crippen molar-refractivity contribution in [3.63, 3.8) is 0 Å². The number of nitrogens with zero attached hydrogens (tertiary/aromatic N) is 1. The highest BCUT2D eigenvalue weighted by Crippen LogP contribution is 2.58. The van der Waals surface area contributed by atoms with Crippen LogP contribution in [-0.4, -0.2) is 0 Å². The molecule has 1 heteroatoms. The summed E-state index contributed by atoms with van der Waals surface area (Å²) in [7, 11) is 0. The third kappa shape index (κ3) is 6.17. The van der Waals surface area contributed by atoms with Crippen LogP contribution in [0.15, 0.2) is 224 Å². The lowest BCUT2D eigenvalue weighted by Gasteiger charge is -2.31. The van der Waals surface area contributed by atoms with Crippen molar-refractivity contribution >= 4 is 17.1 Å². The molecule has 0 unspecified atom stereocenters. The first kappa shape index (κ1) is 35.9. The number of fused-ring (bicyclic) bond motifs is 5. The topological polar surface area (TPSA) is 3.24 Å². The second-order valence-corrected chi connectivity index (χ2v) is 16.4. The van der Waals surface area contributed by atoms with Crippen LogP contribution < -0.4 is 4.90 Å². The van der Waals surface area contributed by atoms with Gasteiger partial charge >= 0.3 is 0 Å². The maximum atomic E-state index is 2.52. The Hall–Kier alpha value is -7.22. The van der Waals surface area contributed by atoms with E-state index in [1.807, 2.05) is 0 Å². The summed E-state index contributed by atoms with van der Waals surface area (Å²) in [6, 6.07) is 82.9. The molecule has 0 bridgehead atoms. The van der Waals surface area contributed by atoms with Crippen LogP contribution in [0.1, 0.15) is 36.8 Å². The maximum absolute atomic E-state index is 2.52. The quantitative estimate of drug-likeness (QED) is 0.149. The van der Waals surface area contributed by atoms with Gasteiger partial charge in [0.2, 0.25) is 0 Å². The predicted octanol–water partition coefficient (Wildman–Crippen LogP) is 16.3. The summed E-state index contributed by atoms with van der Waals surface area (Å²) in [6.07, 6.45) is 4.97. The Kier molecular flexibility index (Phi) is 9.09. The van der Waals surface area contributed by atoms with Crippen molar-refractivity contribution in [3.8, 4) is 66.8 Å². The second kappa shape index (κ2) is 15.2. The fourth-order valence-corrected chi connectivity index (χ4v) is 10.3. The Morgan fingerprint density at radius 1 is 0.283 bits per heavy atom. The van der Waals surface area contributed by atoms with Crippen LogP contribution in [-0.2, 0) is 5.41 Å². The third-order valence-corrected chi connectivity index (χ3v) is 13.0. The summed E-state index contributed by atoms with van der Waals surface area (Å²) in [4.78, 5) is 2.52. The molecule has 1 fully saturated rings. The van der Waals surface area contributed by atoms with Gasteiger partial charge in [0, 0.05) is 22.4 Å². The molecule has 1 saturated carbocycles. The monoisotopic (exact) mass is 767 g/mol. The molecular weight excluding hydrogens is 723 g/mol. The van der Waals surface area contributed by atoms with Gasteiger partial charge < -0.3 is 4.90 Å². The molecule has 0 saturated heterocycles. The van der Waals surface area contributed by atoms with Gasteiger partial charge in [-0.25, -0.2) is 0 Å². The van der Waals surface area contributed by atoms with Gasteiger partial charge in [-0.3, -0.25) is 0 Å². The average Bonchev–Trinajstić information content (AvgIpc) is 3.93. The van der Waals surface area contributed by atoms with E-state index in [2.05, 4.69) is 229 Å². The highest BCUT2D eigenvalue weighted by atomic mass is 15.1. The van der Waals surface area contributed by atoms with E-state index >= 15 is 0 Å². The van der Waals surface area contributed by atoms with Crippen molar-refractivity contribution in [1.29, 1.82) is 0 Å². The standard InChI is InChI=1S/C59H45N/c1-4-20-42(21-5-1)45-38-46(43-22-6-2-7-23-43)40-48(39-45)60(47-34-35-57-55(41-47)53-30-14-16-32-56(53)59(57)36-18-19-37-59)58-33-17-15-31-54(58)52-29-13-12-28-51(52)50-27-11-10-26-49(50)44-24-8-3-9-25-44/h1-17,20-35,38-41H,18-19,36-37H2. The maximum Gasteiger partial charge on any atom is 0.0540 e. The van der Waals surface area contributed by atoms with Crippen LogP contribution in [0.4, 0.5) is 17.1 Å². The lowest BCUT2D eigenvalue weighted by Crippen LogP contribution is -2.20. The van der Waals surface area contributed by atoms with E-state index in [0.29, 0.717) is 0 Å². The molecule has 1 spiro atoms. The molecule has 2 aliphatic rings. The smallest absolute Gasteiger partial charge is 0.0540 e. The van der Waals surface area contributed by atoms with E-state index < -0.39 is 0 Å². The van der Waals surface area contributed by atoms with E-state index in [9.17, 15) is 0 Å². The van der Waals surface area contributed by atoms with Gasteiger partial charge in [0.25, 0.3) is 0 Å². The molecule has 0 N–H and O–H groups in total. The normalized spacial score (nSPS) is 13.5. The molecule has 0 aromatic heterocycles. The summed E-state index contributed by atoms with van der Waals surface area (Å²) >= 11 is 0. The number of para-hydroxylation sites is 1. The first-order valence-electron chi connectivity index (χ1n) is 21.4. The van der Waals surface area contributed by atoms with Crippen molar-refractivity contribution < 1.29 is 0 Å². The Balaban J connectivity index is 1.17. The van der Waals surface area contributed by atoms with Crippen LogP contribution >= 0.6 is 0 Å². The summed E-state index contributed by atoms with van der Waals surface area (Å²) in [6.45, 7) is 0. The van der Waals surface area contributed by atoms with E-state index in [4.69, 9.17) is 0 Å². The van der Waals surface area contributed by atoms with Crippen LogP contribution in [0, 0.1) is 0 Å². The molecule has 60 heavy (non-hydrogen) atoms. The van der Waals surface area contributed by atoms with Crippen LogP contribution in [0.2, 0.25) is 0 Å². The fraction of sp³-hybridized carbons (Fsp3) is 0.0847. The number of hydrogen-bond donors (Lipinski definition) is 0. The zero-order chi connectivity index (χ0) is 39.9. The van der Waals surface area contributed by atoms with Crippen LogP contribution in [0.5, 0.6) is 0 Å². The third-order valence-electron chi connectivity index (χ3n) is 13.0. The highest BCUT2D eigenvalue weighted by molar-refractivity contribution is 5.98. The number of hydrogen-bond acceptors (Lipinski definition) is 1. The van der Waals surface area contributed by atoms with Crippen LogP contribution in [0.3, 0.4) is 0 Å². The number of benzene rings is 9. The summed E-state index contributed by atoms with van der Waals surface area (Å²) in [5.41, 5.74) is 21.2. The number of rotatable bonds is 8. The zero-order valence-corrected chi connectivity index (χ0v) is 33.6. The minimum Gasteiger partial charge on any atom is -0.310 e. The Morgan fingerprint density at radius 3 is 1.35 bits per heavy atom. The Bertz CT molecular complexity index is 2920. The molecule has 9 aromatic rings. The fourth-order valence-electron chi connectivity index (χ4n) is 10.3. The lowest BCUT2D eigenvalue weighted by atomic mass is 9.77. The lowest BCUT2D eigenvalue weighted by molar-refractivity contribution is 0.550. The molecule has 1 nitrogen and oxygen atoms in total. The molecule has 0 amide bonds. The van der Waals surface area contributed by atoms with Crippen molar-refractivity contribution in [1.82, 2.24) is 0 Å². The molecule has 9 aromatic carbocycles. The zero-order valence-electron chi connectivity index (χ0n) is 33.6. The largest absolute Gasteiger partial charge is 0.310 e. The SMILES string of the molecule is c1ccc(-c2cc(-c3ccccc3)cc(N(c3ccc4c(c3)-c3ccccc3C43CCCC3)c3ccccc3-c3ccccc3-c3ccccc3-c3ccccc3)c2)cc1. The minimum absolute atomic E-state index is 0.103. The van der Waals surface area contributed by atoms with Crippen molar-refractivity contribution in [3.05, 3.63) is 236 Å². The predicted molar refractivity (Wildman–Crippen MR) is 253 cm³/mol. The summed E-state index contributed by atoms with van der Waals surface area (Å²) < 4.78 is 0. The van der Waals surface area contributed by atoms with Gasteiger partial charge in [0.1, 0.15) is 0 Å². The van der Waals surface area contributed by atoms with Crippen LogP contribution in [0.25, 0.3) is 66.8 Å². The summed E-state index contributed by atoms with van der Waals surface area (Å²) in [5.74, 6) is 0. The molecule has 0 heterocycles. The minimum atomic E-state index is 0.103. The van der Waals surface area contributed by atoms with Gasteiger partial charge in [-0.15, -0.1) is 0 Å². The Labute approximate surface area is 353 Å². The highest BCUT2D eigenvalue weighted by Gasteiger charge is 2.45. The molecule has 11 rings (SSSR count). The van der Waals surface area contributed by atoms with Gasteiger partial charge in [0.05, 0.1) is 5.69 Å². The first-order chi connectivity index (χ1) is 29.7. The van der Waals surface area contributed by atoms with Gasteiger partial charge in [-0.05, 0) is 122 Å². The van der Waals surface area contributed by atoms with Crippen molar-refractivity contribution in [2.24, 2.45) is 0 Å². The van der Waals surface area contributed by atoms with E-state index in [-0.39, 0.29) is 5.41 Å². The molecule has 0 aliphatic heterocycles. The average molecular weight is 768 g/mol. The van der Waals surface area contributed by atoms with Crippen molar-refractivity contribution in [2.75, 3.05) is 4.90 Å². The second-order valence-electron chi connectivity index (χ2n) is 16.4. The molecule has 286 valence electrons. The summed E-state index contributed by atoms with van der Waals surface area (Å²) in [5, 5.41) is 0. The van der Waals surface area contributed by atoms with E-state index in [1.165, 1.54) is 104 Å². The number of anilines is 3. The van der Waals surface area contributed by atoms with Crippen molar-refractivity contribution in [2.45, 2.75) is 31.1 Å². The first-order valence-corrected chi connectivity index (χ1v) is 21.4. The molecular formula is C59H45N. The van der Waals surface area contributed by atoms with Gasteiger partial charge in [-0.2, -0.15) is 0 Å². The van der Waals surface area contributed by atoms with Gasteiger partial charge in [-0.1, -0.05) is 201 Å². The van der Waals surface area contributed by atoms with Gasteiger partial charge in [0.15, 0.2) is 0 Å². The van der Waals surface area contributed by atoms with E-state index in [1.54, 1.807) is 0 Å². The Morgan fingerprint density at radius 2 is 0.733 bits per heavy atom. The van der Waals surface area contributed by atoms with E-state index in [0.717, 1.165) is 17.1 Å². The molecule has 0 radical (unpaired) electrons.